The van der Waals surface area contributed by atoms with E-state index in [9.17, 15) is 18.0 Å². The van der Waals surface area contributed by atoms with Crippen molar-refractivity contribution in [1.82, 2.24) is 19.9 Å². The lowest BCUT2D eigenvalue weighted by atomic mass is 9.89. The highest BCUT2D eigenvalue weighted by Gasteiger charge is 2.36. The Labute approximate surface area is 209 Å². The van der Waals surface area contributed by atoms with E-state index in [4.69, 9.17) is 15.3 Å². The van der Waals surface area contributed by atoms with E-state index in [-0.39, 0.29) is 53.6 Å². The topological polar surface area (TPSA) is 108 Å². The molecule has 0 unspecified atom stereocenters. The van der Waals surface area contributed by atoms with Gasteiger partial charge in [0.1, 0.15) is 24.8 Å². The number of benzene rings is 2. The summed E-state index contributed by atoms with van der Waals surface area (Å²) in [7, 11) is 2.81. The standard InChI is InChI=1S/C25H23F3N6O3/c1-36-22-4-3-13(5-20(22)28)23-15(12-34(32-23)37-2)11-33(17-8-16(26)9-17)25-30-10-18-19(27)6-14(24(29)35)7-21(18)31-25/h3-7,10,12,16-17H,8-9,11H2,1-2H3,(H2,29,35). The minimum atomic E-state index is -0.969. The zero-order valence-electron chi connectivity index (χ0n) is 20.0. The van der Waals surface area contributed by atoms with Crippen molar-refractivity contribution >= 4 is 22.8 Å². The number of alkyl halides is 1. The van der Waals surface area contributed by atoms with Crippen LogP contribution in [0.1, 0.15) is 28.8 Å². The monoisotopic (exact) mass is 512 g/mol. The molecule has 0 saturated heterocycles. The van der Waals surface area contributed by atoms with Crippen LogP contribution in [-0.2, 0) is 6.54 Å². The molecule has 1 saturated carbocycles. The van der Waals surface area contributed by atoms with Gasteiger partial charge in [0, 0.05) is 28.9 Å². The van der Waals surface area contributed by atoms with Crippen LogP contribution in [0.2, 0.25) is 0 Å². The molecular formula is C25H23F3N6O3. The number of primary amides is 1. The summed E-state index contributed by atoms with van der Waals surface area (Å²) in [6.45, 7) is 0.174. The highest BCUT2D eigenvalue weighted by Crippen LogP contribution is 2.35. The van der Waals surface area contributed by atoms with Gasteiger partial charge < -0.3 is 20.2 Å². The number of nitrogens with zero attached hydrogens (tertiary/aromatic N) is 5. The van der Waals surface area contributed by atoms with Crippen LogP contribution in [0.3, 0.4) is 0 Å². The van der Waals surface area contributed by atoms with Crippen LogP contribution >= 0.6 is 0 Å². The summed E-state index contributed by atoms with van der Waals surface area (Å²) in [6, 6.07) is 6.63. The minimum absolute atomic E-state index is 0.0288. The average Bonchev–Trinajstić information content (AvgIpc) is 3.28. The summed E-state index contributed by atoms with van der Waals surface area (Å²) in [4.78, 5) is 28.7. The molecule has 0 bridgehead atoms. The first-order valence-electron chi connectivity index (χ1n) is 11.4. The first kappa shape index (κ1) is 24.3. The molecule has 192 valence electrons. The lowest BCUT2D eigenvalue weighted by molar-refractivity contribution is 0.1000. The molecule has 0 aliphatic heterocycles. The summed E-state index contributed by atoms with van der Waals surface area (Å²) >= 11 is 0. The Balaban J connectivity index is 1.57. The van der Waals surface area contributed by atoms with Crippen LogP contribution in [0.4, 0.5) is 19.1 Å². The third-order valence-corrected chi connectivity index (χ3v) is 6.40. The number of halogens is 3. The van der Waals surface area contributed by atoms with Gasteiger partial charge in [-0.25, -0.2) is 23.1 Å². The molecule has 1 amide bonds. The van der Waals surface area contributed by atoms with Gasteiger partial charge in [-0.05, 0) is 43.2 Å². The van der Waals surface area contributed by atoms with Crippen molar-refractivity contribution in [2.45, 2.75) is 31.6 Å². The normalized spacial score (nSPS) is 16.9. The molecule has 0 atom stereocenters. The van der Waals surface area contributed by atoms with E-state index in [1.54, 1.807) is 17.2 Å². The van der Waals surface area contributed by atoms with E-state index in [1.807, 2.05) is 0 Å². The van der Waals surface area contributed by atoms with Crippen molar-refractivity contribution in [3.63, 3.8) is 0 Å². The molecule has 1 aliphatic rings. The molecule has 2 N–H and O–H groups in total. The lowest BCUT2D eigenvalue weighted by Crippen LogP contribution is -2.46. The fraction of sp³-hybridized carbons (Fsp3) is 0.280. The van der Waals surface area contributed by atoms with Gasteiger partial charge in [-0.3, -0.25) is 4.79 Å². The second kappa shape index (κ2) is 9.60. The number of fused-ring (bicyclic) bond motifs is 1. The minimum Gasteiger partial charge on any atom is -0.494 e. The number of hydrogen-bond acceptors (Lipinski definition) is 7. The van der Waals surface area contributed by atoms with Crippen LogP contribution in [0, 0.1) is 11.6 Å². The van der Waals surface area contributed by atoms with Gasteiger partial charge in [-0.15, -0.1) is 9.94 Å². The number of rotatable bonds is 8. The number of ether oxygens (including phenoxy) is 1. The first-order valence-corrected chi connectivity index (χ1v) is 11.4. The molecule has 2 heterocycles. The third-order valence-electron chi connectivity index (χ3n) is 6.40. The van der Waals surface area contributed by atoms with Crippen LogP contribution in [-0.4, -0.2) is 52.3 Å². The largest absolute Gasteiger partial charge is 0.494 e. The maximum absolute atomic E-state index is 14.5. The van der Waals surface area contributed by atoms with E-state index in [2.05, 4.69) is 15.1 Å². The average molecular weight is 512 g/mol. The van der Waals surface area contributed by atoms with E-state index in [0.29, 0.717) is 16.8 Å². The molecule has 12 heteroatoms. The number of aromatic nitrogens is 4. The molecule has 1 aliphatic carbocycles. The number of hydrogen-bond donors (Lipinski definition) is 1. The van der Waals surface area contributed by atoms with Crippen LogP contribution in [0.15, 0.2) is 42.7 Å². The van der Waals surface area contributed by atoms with Gasteiger partial charge in [0.2, 0.25) is 11.9 Å². The molecular weight excluding hydrogens is 489 g/mol. The Morgan fingerprint density at radius 1 is 1.19 bits per heavy atom. The zero-order chi connectivity index (χ0) is 26.3. The molecule has 9 nitrogen and oxygen atoms in total. The predicted molar refractivity (Wildman–Crippen MR) is 129 cm³/mol. The highest BCUT2D eigenvalue weighted by molar-refractivity contribution is 5.96. The molecule has 2 aromatic heterocycles. The summed E-state index contributed by atoms with van der Waals surface area (Å²) in [6.07, 6.45) is 2.48. The van der Waals surface area contributed by atoms with Gasteiger partial charge in [0.05, 0.1) is 30.8 Å². The van der Waals surface area contributed by atoms with Crippen molar-refractivity contribution < 1.29 is 27.5 Å². The van der Waals surface area contributed by atoms with Gasteiger partial charge in [-0.1, -0.05) is 0 Å². The second-order valence-corrected chi connectivity index (χ2v) is 8.71. The van der Waals surface area contributed by atoms with Crippen LogP contribution in [0.25, 0.3) is 22.2 Å². The van der Waals surface area contributed by atoms with E-state index in [0.717, 1.165) is 6.07 Å². The Morgan fingerprint density at radius 3 is 2.62 bits per heavy atom. The first-order chi connectivity index (χ1) is 17.8. The maximum atomic E-state index is 14.5. The van der Waals surface area contributed by atoms with Crippen molar-refractivity contribution in [3.8, 4) is 17.0 Å². The molecule has 0 radical (unpaired) electrons. The predicted octanol–water partition coefficient (Wildman–Crippen LogP) is 3.44. The highest BCUT2D eigenvalue weighted by atomic mass is 19.1. The van der Waals surface area contributed by atoms with Crippen molar-refractivity contribution in [3.05, 3.63) is 65.5 Å². The molecule has 1 fully saturated rings. The number of carbonyl (C=O) groups is 1. The van der Waals surface area contributed by atoms with E-state index >= 15 is 0 Å². The van der Waals surface area contributed by atoms with Gasteiger partial charge in [0.15, 0.2) is 11.6 Å². The Kier molecular flexibility index (Phi) is 6.32. The third kappa shape index (κ3) is 4.61. The molecule has 5 rings (SSSR count). The van der Waals surface area contributed by atoms with Gasteiger partial charge in [-0.2, -0.15) is 0 Å². The number of carbonyl (C=O) groups excluding carboxylic acids is 1. The fourth-order valence-corrected chi connectivity index (χ4v) is 4.34. The van der Waals surface area contributed by atoms with E-state index in [1.165, 1.54) is 43.5 Å². The fourth-order valence-electron chi connectivity index (χ4n) is 4.34. The van der Waals surface area contributed by atoms with Crippen LogP contribution in [0.5, 0.6) is 5.75 Å². The smallest absolute Gasteiger partial charge is 0.248 e. The SMILES string of the molecule is COc1ccc(-c2nn(OC)cc2CN(c2ncc3c(F)cc(C(N)=O)cc3n2)C2CC(F)C2)cc1F. The second-order valence-electron chi connectivity index (χ2n) is 8.71. The Bertz CT molecular complexity index is 1490. The maximum Gasteiger partial charge on any atom is 0.248 e. The van der Waals surface area contributed by atoms with Crippen molar-refractivity contribution in [1.29, 1.82) is 0 Å². The summed E-state index contributed by atoms with van der Waals surface area (Å²) < 4.78 is 47.9. The van der Waals surface area contributed by atoms with Crippen LogP contribution < -0.4 is 20.2 Å². The zero-order valence-corrected chi connectivity index (χ0v) is 20.0. The Morgan fingerprint density at radius 2 is 1.97 bits per heavy atom. The van der Waals surface area contributed by atoms with Crippen molar-refractivity contribution in [2.24, 2.45) is 5.73 Å². The van der Waals surface area contributed by atoms with E-state index < -0.39 is 23.7 Å². The molecule has 4 aromatic rings. The number of methoxy groups -OCH3 is 1. The van der Waals surface area contributed by atoms with Crippen molar-refractivity contribution in [2.75, 3.05) is 19.1 Å². The molecule has 2 aromatic carbocycles. The number of amides is 1. The molecule has 37 heavy (non-hydrogen) atoms. The molecule has 0 spiro atoms. The lowest BCUT2D eigenvalue weighted by Gasteiger charge is -2.39. The quantitative estimate of drug-likeness (QED) is 0.385. The summed E-state index contributed by atoms with van der Waals surface area (Å²) in [5.41, 5.74) is 7.04. The number of nitrogens with two attached hydrogens (primary N) is 1. The number of anilines is 1. The summed E-state index contributed by atoms with van der Waals surface area (Å²) in [5, 5.41) is 4.52. The van der Waals surface area contributed by atoms with Gasteiger partial charge >= 0.3 is 0 Å². The summed E-state index contributed by atoms with van der Waals surface area (Å²) in [5.74, 6) is -1.72. The van der Waals surface area contributed by atoms with Gasteiger partial charge in [0.25, 0.3) is 0 Å². The Hall–Kier alpha value is -4.35.